The van der Waals surface area contributed by atoms with Gasteiger partial charge < -0.3 is 25.0 Å². The van der Waals surface area contributed by atoms with Crippen molar-refractivity contribution in [1.82, 2.24) is 15.1 Å². The van der Waals surface area contributed by atoms with E-state index in [9.17, 15) is 9.59 Å². The number of benzene rings is 1. The van der Waals surface area contributed by atoms with Gasteiger partial charge in [0.15, 0.2) is 5.17 Å². The van der Waals surface area contributed by atoms with Gasteiger partial charge >= 0.3 is 5.97 Å². The molecule has 162 valence electrons. The zero-order chi connectivity index (χ0) is 21.3. The predicted octanol–water partition coefficient (Wildman–Crippen LogP) is 1.10. The predicted molar refractivity (Wildman–Crippen MR) is 117 cm³/mol. The third-order valence-electron chi connectivity index (χ3n) is 4.86. The number of hydrogen-bond acceptors (Lipinski definition) is 8. The first-order valence-corrected chi connectivity index (χ1v) is 10.8. The Hall–Kier alpha value is -2.43. The highest BCUT2D eigenvalue weighted by atomic mass is 32.2. The minimum atomic E-state index is -1.02. The van der Waals surface area contributed by atoms with Crippen molar-refractivity contribution in [3.05, 3.63) is 29.8 Å². The van der Waals surface area contributed by atoms with Gasteiger partial charge in [-0.3, -0.25) is 9.59 Å². The Morgan fingerprint density at radius 2 is 2.03 bits per heavy atom. The van der Waals surface area contributed by atoms with Crippen LogP contribution in [-0.2, 0) is 9.59 Å². The van der Waals surface area contributed by atoms with Gasteiger partial charge in [-0.1, -0.05) is 11.8 Å². The molecule has 1 unspecified atom stereocenters. The SMILES string of the molecule is CN1CCN(CCCOc2ccc(C=NN=C3NC(=O)C(CC(=O)O)S3)cc2)CC1. The number of nitrogens with one attached hydrogen (secondary N) is 1. The molecule has 0 radical (unpaired) electrons. The number of amidine groups is 1. The van der Waals surface area contributed by atoms with Crippen molar-refractivity contribution in [2.24, 2.45) is 10.2 Å². The van der Waals surface area contributed by atoms with Crippen LogP contribution in [0.15, 0.2) is 34.5 Å². The average molecular weight is 434 g/mol. The van der Waals surface area contributed by atoms with Crippen LogP contribution >= 0.6 is 11.8 Å². The van der Waals surface area contributed by atoms with Crippen LogP contribution in [0.5, 0.6) is 5.75 Å². The van der Waals surface area contributed by atoms with Crippen molar-refractivity contribution >= 4 is 35.0 Å². The van der Waals surface area contributed by atoms with E-state index in [-0.39, 0.29) is 12.3 Å². The lowest BCUT2D eigenvalue weighted by Gasteiger charge is -2.32. The molecule has 0 aromatic heterocycles. The number of aliphatic carboxylic acids is 1. The maximum Gasteiger partial charge on any atom is 0.305 e. The standard InChI is InChI=1S/C20H27N5O4S/c1-24-8-10-25(11-9-24)7-2-12-29-16-5-3-15(4-6-16)14-21-23-20-22-19(28)17(30-20)13-18(26)27/h3-6,14,17H,2,7-13H2,1H3,(H,26,27)(H,22,23,28). The fourth-order valence-electron chi connectivity index (χ4n) is 3.09. The Morgan fingerprint density at radius 3 is 2.73 bits per heavy atom. The summed E-state index contributed by atoms with van der Waals surface area (Å²) >= 11 is 1.08. The van der Waals surface area contributed by atoms with E-state index in [1.165, 1.54) is 0 Å². The molecule has 2 aliphatic heterocycles. The number of carbonyl (C=O) groups is 2. The number of carboxylic acids is 1. The van der Waals surface area contributed by atoms with E-state index in [1.54, 1.807) is 6.21 Å². The molecule has 2 saturated heterocycles. The van der Waals surface area contributed by atoms with E-state index < -0.39 is 11.2 Å². The zero-order valence-corrected chi connectivity index (χ0v) is 17.8. The lowest BCUT2D eigenvalue weighted by Crippen LogP contribution is -2.44. The van der Waals surface area contributed by atoms with E-state index in [0.717, 1.165) is 62.2 Å². The van der Waals surface area contributed by atoms with Crippen LogP contribution in [0.4, 0.5) is 0 Å². The van der Waals surface area contributed by atoms with Gasteiger partial charge in [-0.05, 0) is 43.3 Å². The second kappa shape index (κ2) is 11.1. The van der Waals surface area contributed by atoms with E-state index in [2.05, 4.69) is 32.4 Å². The van der Waals surface area contributed by atoms with Gasteiger partial charge in [0.2, 0.25) is 5.91 Å². The normalized spacial score (nSPS) is 22.0. The maximum absolute atomic E-state index is 11.7. The molecule has 1 aromatic rings. The summed E-state index contributed by atoms with van der Waals surface area (Å²) in [6, 6.07) is 7.54. The summed E-state index contributed by atoms with van der Waals surface area (Å²) in [5.74, 6) is -0.563. The molecule has 2 heterocycles. The van der Waals surface area contributed by atoms with E-state index >= 15 is 0 Å². The maximum atomic E-state index is 11.7. The van der Waals surface area contributed by atoms with Crippen molar-refractivity contribution < 1.29 is 19.4 Å². The second-order valence-electron chi connectivity index (χ2n) is 7.26. The monoisotopic (exact) mass is 433 g/mol. The summed E-state index contributed by atoms with van der Waals surface area (Å²) in [6.45, 7) is 6.24. The number of carboxylic acid groups (broad SMARTS) is 1. The van der Waals surface area contributed by atoms with Gasteiger partial charge in [0.05, 0.1) is 19.2 Å². The molecule has 9 nitrogen and oxygen atoms in total. The Morgan fingerprint density at radius 1 is 1.30 bits per heavy atom. The summed E-state index contributed by atoms with van der Waals surface area (Å²) in [4.78, 5) is 27.2. The van der Waals surface area contributed by atoms with Crippen LogP contribution in [-0.4, -0.2) is 89.8 Å². The smallest absolute Gasteiger partial charge is 0.305 e. The molecule has 1 atom stereocenters. The summed E-state index contributed by atoms with van der Waals surface area (Å²) < 4.78 is 5.81. The largest absolute Gasteiger partial charge is 0.494 e. The van der Waals surface area contributed by atoms with Crippen LogP contribution < -0.4 is 10.1 Å². The number of rotatable bonds is 9. The first kappa shape index (κ1) is 22.3. The molecule has 0 bridgehead atoms. The number of nitrogens with zero attached hydrogens (tertiary/aromatic N) is 4. The Balaban J connectivity index is 1.38. The molecule has 0 aliphatic carbocycles. The molecule has 0 spiro atoms. The molecule has 1 aromatic carbocycles. The van der Waals surface area contributed by atoms with Crippen LogP contribution in [0.1, 0.15) is 18.4 Å². The van der Waals surface area contributed by atoms with Gasteiger partial charge in [0.25, 0.3) is 0 Å². The topological polar surface area (TPSA) is 107 Å². The fraction of sp³-hybridized carbons (Fsp3) is 0.500. The fourth-order valence-corrected chi connectivity index (χ4v) is 4.01. The summed E-state index contributed by atoms with van der Waals surface area (Å²) in [5, 5.41) is 18.9. The minimum absolute atomic E-state index is 0.240. The minimum Gasteiger partial charge on any atom is -0.494 e. The van der Waals surface area contributed by atoms with Crippen molar-refractivity contribution in [1.29, 1.82) is 0 Å². The van der Waals surface area contributed by atoms with E-state index in [1.807, 2.05) is 24.3 Å². The van der Waals surface area contributed by atoms with Gasteiger partial charge in [-0.25, -0.2) is 0 Å². The molecular formula is C20H27N5O4S. The molecule has 1 amide bonds. The van der Waals surface area contributed by atoms with Crippen molar-refractivity contribution in [2.75, 3.05) is 46.4 Å². The first-order valence-electron chi connectivity index (χ1n) is 9.94. The first-order chi connectivity index (χ1) is 14.5. The number of ether oxygens (including phenoxy) is 1. The number of thioether (sulfide) groups is 1. The van der Waals surface area contributed by atoms with Crippen molar-refractivity contribution in [3.63, 3.8) is 0 Å². The van der Waals surface area contributed by atoms with Crippen LogP contribution in [0, 0.1) is 0 Å². The average Bonchev–Trinajstić information content (AvgIpc) is 3.06. The highest BCUT2D eigenvalue weighted by Crippen LogP contribution is 2.22. The number of likely N-dealkylation sites (N-methyl/N-ethyl adjacent to an activating group) is 1. The van der Waals surface area contributed by atoms with E-state index in [0.29, 0.717) is 11.8 Å². The quantitative estimate of drug-likeness (QED) is 0.341. The molecule has 2 fully saturated rings. The van der Waals surface area contributed by atoms with Crippen LogP contribution in [0.25, 0.3) is 0 Å². The molecule has 2 N–H and O–H groups in total. The van der Waals surface area contributed by atoms with Crippen molar-refractivity contribution in [2.45, 2.75) is 18.1 Å². The number of carbonyl (C=O) groups excluding carboxylic acids is 1. The Kier molecular flexibility index (Phi) is 8.23. The third kappa shape index (κ3) is 7.12. The highest BCUT2D eigenvalue weighted by molar-refractivity contribution is 8.15. The summed E-state index contributed by atoms with van der Waals surface area (Å²) in [5.41, 5.74) is 0.848. The summed E-state index contributed by atoms with van der Waals surface area (Å²) in [6.07, 6.45) is 2.33. The second-order valence-corrected chi connectivity index (χ2v) is 8.45. The van der Waals surface area contributed by atoms with Crippen LogP contribution in [0.2, 0.25) is 0 Å². The van der Waals surface area contributed by atoms with E-state index in [4.69, 9.17) is 9.84 Å². The lowest BCUT2D eigenvalue weighted by atomic mass is 10.2. The molecule has 10 heteroatoms. The molecule has 2 aliphatic rings. The number of hydrogen-bond donors (Lipinski definition) is 2. The molecular weight excluding hydrogens is 406 g/mol. The molecule has 0 saturated carbocycles. The Bertz CT molecular complexity index is 791. The third-order valence-corrected chi connectivity index (χ3v) is 5.93. The Labute approximate surface area is 180 Å². The lowest BCUT2D eigenvalue weighted by molar-refractivity contribution is -0.138. The number of amides is 1. The summed E-state index contributed by atoms with van der Waals surface area (Å²) in [7, 11) is 2.16. The van der Waals surface area contributed by atoms with Gasteiger partial charge in [0.1, 0.15) is 11.0 Å². The molecule has 30 heavy (non-hydrogen) atoms. The van der Waals surface area contributed by atoms with Crippen LogP contribution in [0.3, 0.4) is 0 Å². The number of piperazine rings is 1. The van der Waals surface area contributed by atoms with Gasteiger partial charge in [-0.2, -0.15) is 5.10 Å². The molecule has 3 rings (SSSR count). The zero-order valence-electron chi connectivity index (χ0n) is 17.0. The van der Waals surface area contributed by atoms with Crippen molar-refractivity contribution in [3.8, 4) is 5.75 Å². The van der Waals surface area contributed by atoms with Gasteiger partial charge in [0, 0.05) is 32.7 Å². The highest BCUT2D eigenvalue weighted by Gasteiger charge is 2.32. The van der Waals surface area contributed by atoms with Gasteiger partial charge in [-0.15, -0.1) is 5.10 Å².